The first-order valence-corrected chi connectivity index (χ1v) is 9.09. The first-order chi connectivity index (χ1) is 10.5. The molecule has 6 nitrogen and oxygen atoms in total. The van der Waals surface area contributed by atoms with E-state index in [0.29, 0.717) is 24.9 Å². The number of rotatable bonds is 6. The van der Waals surface area contributed by atoms with Crippen LogP contribution in [0.1, 0.15) is 23.2 Å². The predicted molar refractivity (Wildman–Crippen MR) is 83.2 cm³/mol. The molecule has 1 aliphatic rings. The van der Waals surface area contributed by atoms with Gasteiger partial charge in [0.1, 0.15) is 0 Å². The summed E-state index contributed by atoms with van der Waals surface area (Å²) >= 11 is 0. The molecule has 0 spiro atoms. The molecular formula is C15H20N2O4S. The van der Waals surface area contributed by atoms with Gasteiger partial charge in [-0.15, -0.1) is 0 Å². The van der Waals surface area contributed by atoms with Crippen molar-refractivity contribution in [2.24, 2.45) is 5.92 Å². The number of carbonyl (C=O) groups excluding carboxylic acids is 2. The van der Waals surface area contributed by atoms with E-state index in [9.17, 15) is 18.0 Å². The van der Waals surface area contributed by atoms with Gasteiger partial charge in [0, 0.05) is 12.1 Å². The summed E-state index contributed by atoms with van der Waals surface area (Å²) in [5, 5.41) is 5.24. The average molecular weight is 324 g/mol. The van der Waals surface area contributed by atoms with Gasteiger partial charge in [-0.3, -0.25) is 9.59 Å². The summed E-state index contributed by atoms with van der Waals surface area (Å²) in [6.45, 7) is 0.344. The fourth-order valence-electron chi connectivity index (χ4n) is 2.43. The number of sulfone groups is 1. The van der Waals surface area contributed by atoms with Crippen molar-refractivity contribution in [1.82, 2.24) is 10.6 Å². The largest absolute Gasteiger partial charge is 0.355 e. The van der Waals surface area contributed by atoms with Gasteiger partial charge >= 0.3 is 0 Å². The molecule has 1 aliphatic heterocycles. The monoisotopic (exact) mass is 324 g/mol. The normalized spacial score (nSPS) is 19.5. The van der Waals surface area contributed by atoms with Crippen LogP contribution in [0.25, 0.3) is 0 Å². The van der Waals surface area contributed by atoms with Crippen LogP contribution in [-0.4, -0.2) is 44.8 Å². The summed E-state index contributed by atoms with van der Waals surface area (Å²) in [4.78, 5) is 23.4. The summed E-state index contributed by atoms with van der Waals surface area (Å²) < 4.78 is 22.6. The molecule has 0 saturated carbocycles. The highest BCUT2D eigenvalue weighted by Crippen LogP contribution is 2.20. The van der Waals surface area contributed by atoms with E-state index in [2.05, 4.69) is 10.6 Å². The van der Waals surface area contributed by atoms with Crippen LogP contribution in [-0.2, 0) is 14.6 Å². The summed E-state index contributed by atoms with van der Waals surface area (Å²) in [5.74, 6) is 0.0267. The standard InChI is InChI=1S/C15H20N2O4S/c18-14(10-17-15(19)13-4-2-1-3-5-13)16-8-6-12-7-9-22(20,21)11-12/h1-5,12H,6-11H2,(H,16,18)(H,17,19). The third-order valence-electron chi connectivity index (χ3n) is 3.65. The van der Waals surface area contributed by atoms with Crippen molar-refractivity contribution in [1.29, 1.82) is 0 Å². The number of hydrogen-bond donors (Lipinski definition) is 2. The minimum Gasteiger partial charge on any atom is -0.355 e. The number of carbonyl (C=O) groups is 2. The van der Waals surface area contributed by atoms with E-state index in [1.54, 1.807) is 24.3 Å². The quantitative estimate of drug-likeness (QED) is 0.790. The Morgan fingerprint density at radius 3 is 2.50 bits per heavy atom. The van der Waals surface area contributed by atoms with Crippen molar-refractivity contribution in [2.45, 2.75) is 12.8 Å². The molecule has 0 aromatic heterocycles. The van der Waals surface area contributed by atoms with Crippen LogP contribution in [0.3, 0.4) is 0 Å². The zero-order valence-corrected chi connectivity index (χ0v) is 13.1. The smallest absolute Gasteiger partial charge is 0.251 e. The lowest BCUT2D eigenvalue weighted by molar-refractivity contribution is -0.120. The second-order valence-electron chi connectivity index (χ2n) is 5.46. The first-order valence-electron chi connectivity index (χ1n) is 7.27. The van der Waals surface area contributed by atoms with Gasteiger partial charge in [-0.2, -0.15) is 0 Å². The molecular weight excluding hydrogens is 304 g/mol. The number of benzene rings is 1. The van der Waals surface area contributed by atoms with Gasteiger partial charge in [0.15, 0.2) is 9.84 Å². The van der Waals surface area contributed by atoms with Crippen LogP contribution in [0.4, 0.5) is 0 Å². The van der Waals surface area contributed by atoms with Gasteiger partial charge in [-0.1, -0.05) is 18.2 Å². The minimum atomic E-state index is -2.87. The van der Waals surface area contributed by atoms with E-state index in [4.69, 9.17) is 0 Å². The molecule has 22 heavy (non-hydrogen) atoms. The van der Waals surface area contributed by atoms with Crippen molar-refractivity contribution in [3.05, 3.63) is 35.9 Å². The Kier molecular flexibility index (Phi) is 5.54. The second-order valence-corrected chi connectivity index (χ2v) is 7.69. The maximum Gasteiger partial charge on any atom is 0.251 e. The molecule has 0 bridgehead atoms. The zero-order chi connectivity index (χ0) is 16.0. The van der Waals surface area contributed by atoms with Gasteiger partial charge in [-0.25, -0.2) is 8.42 Å². The number of nitrogens with one attached hydrogen (secondary N) is 2. The summed E-state index contributed by atoms with van der Waals surface area (Å²) in [7, 11) is -2.87. The Balaban J connectivity index is 1.63. The van der Waals surface area contributed by atoms with Gasteiger partial charge < -0.3 is 10.6 Å². The van der Waals surface area contributed by atoms with E-state index in [1.165, 1.54) is 0 Å². The maximum absolute atomic E-state index is 11.7. The molecule has 2 amide bonds. The molecule has 2 rings (SSSR count). The summed E-state index contributed by atoms with van der Waals surface area (Å²) in [6.07, 6.45) is 1.32. The van der Waals surface area contributed by atoms with Gasteiger partial charge in [0.05, 0.1) is 18.1 Å². The Hall–Kier alpha value is -1.89. The first kappa shape index (κ1) is 16.5. The van der Waals surface area contributed by atoms with Crippen molar-refractivity contribution >= 4 is 21.7 Å². The molecule has 1 saturated heterocycles. The average Bonchev–Trinajstić information content (AvgIpc) is 2.85. The Morgan fingerprint density at radius 2 is 1.86 bits per heavy atom. The van der Waals surface area contributed by atoms with Crippen molar-refractivity contribution in [2.75, 3.05) is 24.6 Å². The fraction of sp³-hybridized carbons (Fsp3) is 0.467. The van der Waals surface area contributed by atoms with Crippen LogP contribution in [0.2, 0.25) is 0 Å². The van der Waals surface area contributed by atoms with Crippen LogP contribution in [0.15, 0.2) is 30.3 Å². The highest BCUT2D eigenvalue weighted by molar-refractivity contribution is 7.91. The molecule has 0 radical (unpaired) electrons. The van der Waals surface area contributed by atoms with Crippen molar-refractivity contribution in [3.63, 3.8) is 0 Å². The Labute approximate surface area is 130 Å². The molecule has 1 unspecified atom stereocenters. The van der Waals surface area contributed by atoms with E-state index >= 15 is 0 Å². The lowest BCUT2D eigenvalue weighted by Gasteiger charge is -2.09. The molecule has 1 atom stereocenters. The zero-order valence-electron chi connectivity index (χ0n) is 12.2. The highest BCUT2D eigenvalue weighted by Gasteiger charge is 2.27. The summed E-state index contributed by atoms with van der Waals surface area (Å²) in [6, 6.07) is 8.67. The molecule has 7 heteroatoms. The van der Waals surface area contributed by atoms with E-state index in [1.807, 2.05) is 6.07 Å². The lowest BCUT2D eigenvalue weighted by atomic mass is 10.1. The third-order valence-corrected chi connectivity index (χ3v) is 5.48. The molecule has 1 aromatic rings. The molecule has 1 aromatic carbocycles. The van der Waals surface area contributed by atoms with Crippen molar-refractivity contribution < 1.29 is 18.0 Å². The van der Waals surface area contributed by atoms with E-state index in [-0.39, 0.29) is 35.8 Å². The third kappa shape index (κ3) is 5.14. The van der Waals surface area contributed by atoms with Crippen molar-refractivity contribution in [3.8, 4) is 0 Å². The van der Waals surface area contributed by atoms with Crippen LogP contribution in [0.5, 0.6) is 0 Å². The fourth-order valence-corrected chi connectivity index (χ4v) is 4.34. The molecule has 1 fully saturated rings. The Morgan fingerprint density at radius 1 is 1.14 bits per heavy atom. The second kappa shape index (κ2) is 7.40. The number of hydrogen-bond acceptors (Lipinski definition) is 4. The van der Waals surface area contributed by atoms with E-state index < -0.39 is 9.84 Å². The highest BCUT2D eigenvalue weighted by atomic mass is 32.2. The number of amides is 2. The molecule has 0 aliphatic carbocycles. The van der Waals surface area contributed by atoms with E-state index in [0.717, 1.165) is 0 Å². The van der Waals surface area contributed by atoms with Gasteiger partial charge in [0.2, 0.25) is 5.91 Å². The lowest BCUT2D eigenvalue weighted by Crippen LogP contribution is -2.37. The van der Waals surface area contributed by atoms with Gasteiger partial charge in [-0.05, 0) is 30.9 Å². The molecule has 120 valence electrons. The predicted octanol–water partition coefficient (Wildman–Crippen LogP) is 0.357. The molecule has 1 heterocycles. The minimum absolute atomic E-state index is 0.0866. The van der Waals surface area contributed by atoms with Gasteiger partial charge in [0.25, 0.3) is 5.91 Å². The van der Waals surface area contributed by atoms with Crippen LogP contribution >= 0.6 is 0 Å². The van der Waals surface area contributed by atoms with Crippen LogP contribution < -0.4 is 10.6 Å². The maximum atomic E-state index is 11.7. The molecule has 2 N–H and O–H groups in total. The summed E-state index contributed by atoms with van der Waals surface area (Å²) in [5.41, 5.74) is 0.506. The Bertz CT molecular complexity index is 628. The SMILES string of the molecule is O=C(CNC(=O)c1ccccc1)NCCC1CCS(=O)(=O)C1. The topological polar surface area (TPSA) is 92.3 Å². The van der Waals surface area contributed by atoms with Crippen LogP contribution in [0, 0.1) is 5.92 Å².